The largest absolute Gasteiger partial charge is 0.704 e. The Hall–Kier alpha value is -3.47. The lowest BCUT2D eigenvalue weighted by Gasteiger charge is -2.34. The van der Waals surface area contributed by atoms with Crippen LogP contribution in [0.2, 0.25) is 0 Å². The Bertz CT molecular complexity index is 1240. The highest BCUT2D eigenvalue weighted by atomic mass is 19.1. The van der Waals surface area contributed by atoms with E-state index in [2.05, 4.69) is 0 Å². The highest BCUT2D eigenvalue weighted by Crippen LogP contribution is 2.40. The maximum Gasteiger partial charge on any atom is 0.704 e. The fourth-order valence-electron chi connectivity index (χ4n) is 3.90. The fourth-order valence-corrected chi connectivity index (χ4v) is 3.90. The number of nitrogens with zero attached hydrogens (tertiary/aromatic N) is 1. The number of fused-ring (bicyclic) bond motifs is 5. The molecule has 0 fully saturated rings. The predicted octanol–water partition coefficient (Wildman–Crippen LogP) is 4.67. The molecular weight excluding hydrogens is 352 g/mol. The first kappa shape index (κ1) is 16.7. The number of rotatable bonds is 2. The van der Waals surface area contributed by atoms with E-state index in [0.29, 0.717) is 17.0 Å². The van der Waals surface area contributed by atoms with Crippen LogP contribution in [0.5, 0.6) is 5.75 Å². The van der Waals surface area contributed by atoms with Gasteiger partial charge < -0.3 is 18.2 Å². The third kappa shape index (κ3) is 2.36. The number of carbonyl (C=O) groups excluding carboxylic acids is 1. The van der Waals surface area contributed by atoms with Gasteiger partial charge in [-0.05, 0) is 35.4 Å². The van der Waals surface area contributed by atoms with Crippen LogP contribution < -0.4 is 9.13 Å². The lowest BCUT2D eigenvalue weighted by Crippen LogP contribution is -2.73. The SMILES string of the molecule is Cc1ccc(C(=O)[B-]2(F)Oc3ccc4ccccc4c3-c3cccc[n+]32)cc1. The molecule has 4 aromatic rings. The minimum absolute atomic E-state index is 0.291. The van der Waals surface area contributed by atoms with Crippen LogP contribution in [-0.4, -0.2) is 12.4 Å². The molecule has 2 heterocycles. The van der Waals surface area contributed by atoms with Crippen molar-refractivity contribution in [1.82, 2.24) is 0 Å². The zero-order valence-electron chi connectivity index (χ0n) is 15.3. The smallest absolute Gasteiger partial charge is 0.624 e. The number of carbonyl (C=O) groups is 1. The first-order chi connectivity index (χ1) is 13.6. The zero-order chi connectivity index (χ0) is 19.3. The van der Waals surface area contributed by atoms with E-state index in [4.69, 9.17) is 4.65 Å². The summed E-state index contributed by atoms with van der Waals surface area (Å²) in [6.45, 7) is -1.55. The van der Waals surface area contributed by atoms with Gasteiger partial charge in [-0.15, -0.1) is 0 Å². The Morgan fingerprint density at radius 1 is 0.929 bits per heavy atom. The zero-order valence-corrected chi connectivity index (χ0v) is 15.3. The average Bonchev–Trinajstić information content (AvgIpc) is 2.73. The van der Waals surface area contributed by atoms with Crippen molar-refractivity contribution in [2.75, 3.05) is 0 Å². The molecule has 5 rings (SSSR count). The van der Waals surface area contributed by atoms with E-state index in [1.807, 2.05) is 49.4 Å². The van der Waals surface area contributed by atoms with Crippen molar-refractivity contribution >= 4 is 23.2 Å². The van der Waals surface area contributed by atoms with Gasteiger partial charge in [0.25, 0.3) is 0 Å². The summed E-state index contributed by atoms with van der Waals surface area (Å²) in [5.41, 5.74) is 2.05. The predicted molar refractivity (Wildman–Crippen MR) is 108 cm³/mol. The second kappa shape index (κ2) is 6.03. The molecular formula is C23H17BFNO2. The van der Waals surface area contributed by atoms with Crippen LogP contribution >= 0.6 is 0 Å². The summed E-state index contributed by atoms with van der Waals surface area (Å²) in [6.07, 6.45) is 1.58. The Kier molecular flexibility index (Phi) is 3.59. The van der Waals surface area contributed by atoms with E-state index in [1.54, 1.807) is 42.6 Å². The third-order valence-electron chi connectivity index (χ3n) is 5.34. The van der Waals surface area contributed by atoms with Crippen LogP contribution in [0, 0.1) is 6.92 Å². The van der Waals surface area contributed by atoms with Crippen molar-refractivity contribution in [3.8, 4) is 17.0 Å². The summed E-state index contributed by atoms with van der Waals surface area (Å²) < 4.78 is 23.4. The van der Waals surface area contributed by atoms with Gasteiger partial charge in [-0.3, -0.25) is 0 Å². The van der Waals surface area contributed by atoms with Crippen LogP contribution in [0.3, 0.4) is 0 Å². The molecule has 0 saturated heterocycles. The molecule has 136 valence electrons. The van der Waals surface area contributed by atoms with Gasteiger partial charge in [0.1, 0.15) is 6.20 Å². The molecule has 5 heteroatoms. The fraction of sp³-hybridized carbons (Fsp3) is 0.0435. The van der Waals surface area contributed by atoms with Gasteiger partial charge in [0, 0.05) is 6.07 Å². The molecule has 1 unspecified atom stereocenters. The molecule has 0 saturated carbocycles. The van der Waals surface area contributed by atoms with Crippen molar-refractivity contribution < 1.29 is 18.2 Å². The summed E-state index contributed by atoms with van der Waals surface area (Å²) in [5.74, 6) is 0.382. The van der Waals surface area contributed by atoms with E-state index in [-0.39, 0.29) is 0 Å². The van der Waals surface area contributed by atoms with E-state index in [9.17, 15) is 4.79 Å². The standard InChI is InChI=1S/C23H17BFNO2/c1-16-9-11-18(12-10-16)23(27)24(25)26-15-5-4-8-20(26)22-19-7-3-2-6-17(19)13-14-21(22)28-24/h2-15H,1H3. The molecule has 1 aromatic heterocycles. The third-order valence-corrected chi connectivity index (χ3v) is 5.34. The number of halogens is 1. The Morgan fingerprint density at radius 2 is 1.68 bits per heavy atom. The molecule has 1 aliphatic rings. The van der Waals surface area contributed by atoms with E-state index < -0.39 is 12.4 Å². The van der Waals surface area contributed by atoms with Crippen LogP contribution in [0.25, 0.3) is 22.0 Å². The van der Waals surface area contributed by atoms with E-state index in [1.165, 1.54) is 4.48 Å². The number of pyridine rings is 1. The van der Waals surface area contributed by atoms with Crippen molar-refractivity contribution in [1.29, 1.82) is 0 Å². The van der Waals surface area contributed by atoms with Gasteiger partial charge in [0.05, 0.1) is 11.3 Å². The topological polar surface area (TPSA) is 30.2 Å². The maximum absolute atomic E-state index is 16.3. The number of hydrogen-bond acceptors (Lipinski definition) is 2. The normalized spacial score (nSPS) is 17.5. The van der Waals surface area contributed by atoms with Gasteiger partial charge in [0.15, 0.2) is 11.4 Å². The van der Waals surface area contributed by atoms with Crippen molar-refractivity contribution in [3.05, 3.63) is 96.2 Å². The average molecular weight is 369 g/mol. The highest BCUT2D eigenvalue weighted by molar-refractivity contribution is 6.93. The van der Waals surface area contributed by atoms with Gasteiger partial charge in [0.2, 0.25) is 0 Å². The molecule has 3 nitrogen and oxygen atoms in total. The quantitative estimate of drug-likeness (QED) is 0.481. The van der Waals surface area contributed by atoms with Gasteiger partial charge >= 0.3 is 6.76 Å². The van der Waals surface area contributed by atoms with Crippen LogP contribution in [0.4, 0.5) is 4.32 Å². The molecule has 1 atom stereocenters. The summed E-state index contributed by atoms with van der Waals surface area (Å²) in [5, 5.41) is 1.99. The minimum Gasteiger partial charge on any atom is -0.624 e. The molecule has 0 N–H and O–H groups in total. The molecule has 0 amide bonds. The maximum atomic E-state index is 16.3. The van der Waals surface area contributed by atoms with Crippen molar-refractivity contribution in [3.63, 3.8) is 0 Å². The molecule has 0 radical (unpaired) electrons. The molecule has 1 aliphatic heterocycles. The monoisotopic (exact) mass is 369 g/mol. The summed E-state index contributed by atoms with van der Waals surface area (Å²) >= 11 is 0. The molecule has 0 spiro atoms. The summed E-state index contributed by atoms with van der Waals surface area (Å²) in [4.78, 5) is 13.2. The van der Waals surface area contributed by atoms with Gasteiger partial charge in [-0.25, -0.2) is 0 Å². The first-order valence-corrected chi connectivity index (χ1v) is 9.24. The Labute approximate surface area is 162 Å². The number of hydrogen-bond donors (Lipinski definition) is 0. The van der Waals surface area contributed by atoms with Crippen LogP contribution in [0.15, 0.2) is 85.1 Å². The van der Waals surface area contributed by atoms with E-state index in [0.717, 1.165) is 21.9 Å². The van der Waals surface area contributed by atoms with E-state index >= 15 is 4.32 Å². The summed E-state index contributed by atoms with van der Waals surface area (Å²) in [6, 6.07) is 23.8. The minimum atomic E-state index is -3.47. The molecule has 28 heavy (non-hydrogen) atoms. The Morgan fingerprint density at radius 3 is 2.50 bits per heavy atom. The van der Waals surface area contributed by atoms with Crippen LogP contribution in [-0.2, 0) is 0 Å². The second-order valence-electron chi connectivity index (χ2n) is 7.15. The van der Waals surface area contributed by atoms with Crippen LogP contribution in [0.1, 0.15) is 15.9 Å². The molecule has 3 aromatic carbocycles. The van der Waals surface area contributed by atoms with Crippen molar-refractivity contribution in [2.24, 2.45) is 0 Å². The lowest BCUT2D eigenvalue weighted by atomic mass is 9.64. The highest BCUT2D eigenvalue weighted by Gasteiger charge is 2.55. The van der Waals surface area contributed by atoms with Gasteiger partial charge in [-0.2, -0.15) is 0 Å². The number of aromatic nitrogens is 1. The number of benzene rings is 3. The molecule has 0 bridgehead atoms. The lowest BCUT2D eigenvalue weighted by molar-refractivity contribution is -0.554. The molecule has 0 aliphatic carbocycles. The first-order valence-electron chi connectivity index (χ1n) is 9.24. The van der Waals surface area contributed by atoms with Crippen molar-refractivity contribution in [2.45, 2.75) is 6.92 Å². The van der Waals surface area contributed by atoms with Gasteiger partial charge in [-0.1, -0.05) is 66.2 Å². The number of aryl methyl sites for hydroxylation is 1. The second-order valence-corrected chi connectivity index (χ2v) is 7.15. The summed E-state index contributed by atoms with van der Waals surface area (Å²) in [7, 11) is 0. The Balaban J connectivity index is 1.75.